The van der Waals surface area contributed by atoms with Crippen molar-refractivity contribution in [2.24, 2.45) is 0 Å². The maximum atomic E-state index is 12.8. The van der Waals surface area contributed by atoms with Crippen molar-refractivity contribution in [2.45, 2.75) is 62.5 Å². The average molecular weight is 456 g/mol. The maximum absolute atomic E-state index is 12.8. The van der Waals surface area contributed by atoms with Crippen molar-refractivity contribution < 1.29 is 23.8 Å². The summed E-state index contributed by atoms with van der Waals surface area (Å²) in [5.41, 5.74) is 2.39. The van der Waals surface area contributed by atoms with Gasteiger partial charge in [0, 0.05) is 24.4 Å². The lowest BCUT2D eigenvalue weighted by Crippen LogP contribution is -2.51. The molecule has 4 rings (SSSR count). The number of esters is 1. The van der Waals surface area contributed by atoms with Crippen molar-refractivity contribution in [1.82, 2.24) is 15.1 Å². The lowest BCUT2D eigenvalue weighted by molar-refractivity contribution is -0.144. The number of nitrogens with one attached hydrogen (secondary N) is 1. The number of hydrogen-bond donors (Lipinski definition) is 1. The summed E-state index contributed by atoms with van der Waals surface area (Å²) in [5.74, 6) is 0.0873. The Labute approximate surface area is 194 Å². The maximum Gasteiger partial charge on any atom is 0.410 e. The summed E-state index contributed by atoms with van der Waals surface area (Å²) in [7, 11) is 1.27. The Morgan fingerprint density at radius 2 is 1.88 bits per heavy atom. The number of piperidine rings is 1. The highest BCUT2D eigenvalue weighted by atomic mass is 16.6. The number of aromatic nitrogens is 2. The van der Waals surface area contributed by atoms with E-state index in [4.69, 9.17) is 9.47 Å². The normalized spacial score (nSPS) is 25.4. The average Bonchev–Trinajstić information content (AvgIpc) is 3.41. The Morgan fingerprint density at radius 1 is 1.09 bits per heavy atom. The molecule has 0 radical (unpaired) electrons. The summed E-state index contributed by atoms with van der Waals surface area (Å²) in [6.45, 7) is 0.606. The number of rotatable bonds is 7. The molecule has 33 heavy (non-hydrogen) atoms. The van der Waals surface area contributed by atoms with Crippen LogP contribution >= 0.6 is 0 Å². The predicted molar refractivity (Wildman–Crippen MR) is 122 cm³/mol. The molecule has 2 fully saturated rings. The summed E-state index contributed by atoms with van der Waals surface area (Å²) < 4.78 is 16.2. The van der Waals surface area contributed by atoms with Gasteiger partial charge in [-0.15, -0.1) is 0 Å². The molecule has 1 aliphatic carbocycles. The summed E-state index contributed by atoms with van der Waals surface area (Å²) in [6, 6.07) is 12.4. The van der Waals surface area contributed by atoms with Crippen LogP contribution in [-0.4, -0.2) is 66.2 Å². The quantitative estimate of drug-likeness (QED) is 0.634. The molecule has 1 amide bonds. The van der Waals surface area contributed by atoms with Gasteiger partial charge in [0.25, 0.3) is 0 Å². The SMILES string of the molecule is COC(=O)COC(=O)N1CCC[C@H](c2ccn[nH]2)[C@@H]1COC1CCC(c2ccccc2)CC1. The molecule has 2 atom stereocenters. The number of carbonyl (C=O) groups excluding carboxylic acids is 2. The van der Waals surface area contributed by atoms with E-state index in [2.05, 4.69) is 45.3 Å². The third-order valence-electron chi connectivity index (χ3n) is 6.92. The van der Waals surface area contributed by atoms with Crippen LogP contribution in [-0.2, 0) is 19.0 Å². The van der Waals surface area contributed by atoms with Gasteiger partial charge < -0.3 is 19.1 Å². The number of ether oxygens (including phenoxy) is 3. The van der Waals surface area contributed by atoms with E-state index in [1.54, 1.807) is 11.1 Å². The third-order valence-corrected chi connectivity index (χ3v) is 6.92. The number of amides is 1. The van der Waals surface area contributed by atoms with E-state index in [1.165, 1.54) is 12.7 Å². The van der Waals surface area contributed by atoms with Crippen LogP contribution in [0.25, 0.3) is 0 Å². The zero-order valence-corrected chi connectivity index (χ0v) is 19.2. The topological polar surface area (TPSA) is 93.8 Å². The van der Waals surface area contributed by atoms with E-state index in [0.717, 1.165) is 44.2 Å². The van der Waals surface area contributed by atoms with Crippen molar-refractivity contribution in [2.75, 3.05) is 26.9 Å². The van der Waals surface area contributed by atoms with Gasteiger partial charge in [-0.1, -0.05) is 30.3 Å². The van der Waals surface area contributed by atoms with Crippen LogP contribution in [0.5, 0.6) is 0 Å². The van der Waals surface area contributed by atoms with E-state index >= 15 is 0 Å². The van der Waals surface area contributed by atoms with Crippen molar-refractivity contribution >= 4 is 12.1 Å². The lowest BCUT2D eigenvalue weighted by atomic mass is 9.82. The molecule has 0 unspecified atom stereocenters. The monoisotopic (exact) mass is 455 g/mol. The Hall–Kier alpha value is -2.87. The molecule has 1 N–H and O–H groups in total. The van der Waals surface area contributed by atoms with Gasteiger partial charge in [-0.05, 0) is 56.1 Å². The minimum absolute atomic E-state index is 0.0765. The largest absolute Gasteiger partial charge is 0.466 e. The van der Waals surface area contributed by atoms with E-state index in [9.17, 15) is 9.59 Å². The molecule has 8 heteroatoms. The minimum atomic E-state index is -0.576. The molecule has 1 aromatic heterocycles. The second-order valence-electron chi connectivity index (χ2n) is 8.87. The first-order chi connectivity index (χ1) is 16.2. The third kappa shape index (κ3) is 5.93. The van der Waals surface area contributed by atoms with Crippen LogP contribution in [0.4, 0.5) is 4.79 Å². The second kappa shape index (κ2) is 11.3. The second-order valence-corrected chi connectivity index (χ2v) is 8.87. The zero-order valence-electron chi connectivity index (χ0n) is 19.2. The number of hydrogen-bond acceptors (Lipinski definition) is 6. The Bertz CT molecular complexity index is 881. The smallest absolute Gasteiger partial charge is 0.410 e. The number of nitrogens with zero attached hydrogens (tertiary/aromatic N) is 2. The molecule has 0 spiro atoms. The zero-order chi connectivity index (χ0) is 23.0. The highest BCUT2D eigenvalue weighted by Crippen LogP contribution is 2.36. The molecule has 1 aromatic carbocycles. The molecule has 1 saturated heterocycles. The molecule has 1 saturated carbocycles. The van der Waals surface area contributed by atoms with Crippen LogP contribution < -0.4 is 0 Å². The fourth-order valence-corrected chi connectivity index (χ4v) is 5.11. The number of aromatic amines is 1. The summed E-state index contributed by atoms with van der Waals surface area (Å²) in [4.78, 5) is 25.9. The van der Waals surface area contributed by atoms with Gasteiger partial charge in [-0.3, -0.25) is 5.10 Å². The predicted octanol–water partition coefficient (Wildman–Crippen LogP) is 4.01. The molecule has 1 aliphatic heterocycles. The molecular formula is C25H33N3O5. The molecule has 178 valence electrons. The fourth-order valence-electron chi connectivity index (χ4n) is 5.11. The first kappa shape index (κ1) is 23.3. The minimum Gasteiger partial charge on any atom is -0.466 e. The van der Waals surface area contributed by atoms with E-state index < -0.39 is 18.7 Å². The number of H-pyrrole nitrogens is 1. The molecule has 2 aromatic rings. The van der Waals surface area contributed by atoms with Crippen molar-refractivity contribution in [1.29, 1.82) is 0 Å². The van der Waals surface area contributed by atoms with Crippen LogP contribution in [0.15, 0.2) is 42.6 Å². The Balaban J connectivity index is 1.38. The number of likely N-dealkylation sites (tertiary alicyclic amines) is 1. The summed E-state index contributed by atoms with van der Waals surface area (Å²) in [5, 5.41) is 7.16. The van der Waals surface area contributed by atoms with Gasteiger partial charge >= 0.3 is 12.1 Å². The van der Waals surface area contributed by atoms with Gasteiger partial charge in [0.2, 0.25) is 0 Å². The molecule has 0 bridgehead atoms. The van der Waals surface area contributed by atoms with Crippen molar-refractivity contribution in [3.05, 3.63) is 53.9 Å². The first-order valence-electron chi connectivity index (χ1n) is 11.8. The lowest BCUT2D eigenvalue weighted by Gasteiger charge is -2.41. The Kier molecular flexibility index (Phi) is 7.99. The highest BCUT2D eigenvalue weighted by molar-refractivity contribution is 5.75. The van der Waals surface area contributed by atoms with E-state index in [0.29, 0.717) is 19.1 Å². The highest BCUT2D eigenvalue weighted by Gasteiger charge is 2.38. The van der Waals surface area contributed by atoms with Gasteiger partial charge in [0.05, 0.1) is 25.9 Å². The van der Waals surface area contributed by atoms with Crippen molar-refractivity contribution in [3.8, 4) is 0 Å². The number of benzene rings is 1. The van der Waals surface area contributed by atoms with Gasteiger partial charge in [-0.2, -0.15) is 5.10 Å². The first-order valence-corrected chi connectivity index (χ1v) is 11.8. The molecule has 8 nitrogen and oxygen atoms in total. The molecule has 2 aliphatic rings. The number of methoxy groups -OCH3 is 1. The summed E-state index contributed by atoms with van der Waals surface area (Å²) >= 11 is 0. The van der Waals surface area contributed by atoms with Gasteiger partial charge in [-0.25, -0.2) is 9.59 Å². The molecular weight excluding hydrogens is 422 g/mol. The van der Waals surface area contributed by atoms with Gasteiger partial charge in [0.1, 0.15) is 0 Å². The van der Waals surface area contributed by atoms with Crippen LogP contribution in [0, 0.1) is 0 Å². The van der Waals surface area contributed by atoms with Crippen LogP contribution in [0.2, 0.25) is 0 Å². The fraction of sp³-hybridized carbons (Fsp3) is 0.560. The molecule has 2 heterocycles. The van der Waals surface area contributed by atoms with Crippen LogP contribution in [0.1, 0.15) is 61.6 Å². The Morgan fingerprint density at radius 3 is 2.58 bits per heavy atom. The van der Waals surface area contributed by atoms with E-state index in [-0.39, 0.29) is 18.1 Å². The summed E-state index contributed by atoms with van der Waals surface area (Å²) in [6.07, 6.45) is 7.40. The van der Waals surface area contributed by atoms with E-state index in [1.807, 2.05) is 6.07 Å². The van der Waals surface area contributed by atoms with Crippen LogP contribution in [0.3, 0.4) is 0 Å². The number of carbonyl (C=O) groups is 2. The van der Waals surface area contributed by atoms with Crippen molar-refractivity contribution in [3.63, 3.8) is 0 Å². The standard InChI is InChI=1S/C25H33N3O5/c1-31-24(29)17-33-25(30)28-15-5-8-21(22-13-14-26-27-22)23(28)16-32-20-11-9-19(10-12-20)18-6-3-2-4-7-18/h2-4,6-7,13-14,19-21,23H,5,8-12,15-17H2,1H3,(H,26,27)/t19?,20?,21-,23+/m1/s1. The van der Waals surface area contributed by atoms with Gasteiger partial charge in [0.15, 0.2) is 6.61 Å².